The Morgan fingerprint density at radius 3 is 1.97 bits per heavy atom. The van der Waals surface area contributed by atoms with E-state index in [0.717, 1.165) is 23.1 Å². The van der Waals surface area contributed by atoms with Crippen molar-refractivity contribution in [2.45, 2.75) is 0 Å². The molecule has 2 aromatic rings. The van der Waals surface area contributed by atoms with Crippen LogP contribution in [-0.4, -0.2) is 13.2 Å². The van der Waals surface area contributed by atoms with Crippen molar-refractivity contribution in [3.63, 3.8) is 0 Å². The van der Waals surface area contributed by atoms with Gasteiger partial charge in [0.15, 0.2) is 5.75 Å². The van der Waals surface area contributed by atoms with Gasteiger partial charge in [0.2, 0.25) is 29.1 Å². The number of rotatable bonds is 6. The summed E-state index contributed by atoms with van der Waals surface area (Å²) < 4.78 is 78.5. The van der Waals surface area contributed by atoms with E-state index in [1.165, 1.54) is 0 Å². The van der Waals surface area contributed by atoms with E-state index >= 15 is 0 Å². The van der Waals surface area contributed by atoms with E-state index in [2.05, 4.69) is 24.5 Å². The third-order valence-corrected chi connectivity index (χ3v) is 3.55. The molecular formula is C22H17F5O3. The van der Waals surface area contributed by atoms with Gasteiger partial charge in [-0.3, -0.25) is 0 Å². The SMILES string of the molecule is C=CCOc1c(F)c(F)c(F)c(F)c1F.C=CCOc1ccc2c(c1)C=CC(=C)O2. The molecule has 3 rings (SSSR count). The third-order valence-electron chi connectivity index (χ3n) is 3.55. The molecule has 0 aliphatic carbocycles. The number of allylic oxidation sites excluding steroid dienone is 1. The topological polar surface area (TPSA) is 27.7 Å². The number of benzene rings is 2. The molecular weight excluding hydrogens is 407 g/mol. The minimum Gasteiger partial charge on any atom is -0.490 e. The largest absolute Gasteiger partial charge is 0.490 e. The molecule has 0 amide bonds. The predicted octanol–water partition coefficient (Wildman–Crippen LogP) is 6.12. The molecule has 0 unspecified atom stereocenters. The molecule has 0 aromatic heterocycles. The zero-order chi connectivity index (χ0) is 22.3. The number of ether oxygens (including phenoxy) is 3. The molecule has 1 heterocycles. The van der Waals surface area contributed by atoms with Crippen molar-refractivity contribution >= 4 is 6.08 Å². The van der Waals surface area contributed by atoms with Gasteiger partial charge < -0.3 is 14.2 Å². The molecule has 8 heteroatoms. The lowest BCUT2D eigenvalue weighted by Gasteiger charge is -2.14. The Balaban J connectivity index is 0.000000214. The second kappa shape index (κ2) is 10.3. The zero-order valence-corrected chi connectivity index (χ0v) is 15.7. The maximum atomic E-state index is 12.8. The van der Waals surface area contributed by atoms with Crippen molar-refractivity contribution in [3.05, 3.63) is 96.6 Å². The fraction of sp³-hybridized carbons (Fsp3) is 0.0909. The maximum absolute atomic E-state index is 12.8. The van der Waals surface area contributed by atoms with Crippen LogP contribution in [0.3, 0.4) is 0 Å². The van der Waals surface area contributed by atoms with Crippen molar-refractivity contribution in [2.24, 2.45) is 0 Å². The van der Waals surface area contributed by atoms with Crippen LogP contribution < -0.4 is 14.2 Å². The molecule has 0 saturated carbocycles. The van der Waals surface area contributed by atoms with Crippen LogP contribution in [0.4, 0.5) is 22.0 Å². The smallest absolute Gasteiger partial charge is 0.207 e. The van der Waals surface area contributed by atoms with Gasteiger partial charge in [-0.25, -0.2) is 13.2 Å². The Morgan fingerprint density at radius 1 is 0.800 bits per heavy atom. The lowest BCUT2D eigenvalue weighted by molar-refractivity contribution is 0.287. The molecule has 1 aliphatic heterocycles. The Kier molecular flexibility index (Phi) is 7.80. The summed E-state index contributed by atoms with van der Waals surface area (Å²) in [5.41, 5.74) is 1.00. The molecule has 0 N–H and O–H groups in total. The normalized spacial score (nSPS) is 11.6. The van der Waals surface area contributed by atoms with Crippen LogP contribution in [0.15, 0.2) is 61.9 Å². The summed E-state index contributed by atoms with van der Waals surface area (Å²) in [4.78, 5) is 0. The first-order valence-electron chi connectivity index (χ1n) is 8.47. The molecule has 0 radical (unpaired) electrons. The third kappa shape index (κ3) is 5.28. The second-order valence-corrected chi connectivity index (χ2v) is 5.70. The minimum atomic E-state index is -2.21. The summed E-state index contributed by atoms with van der Waals surface area (Å²) in [6.45, 7) is 10.6. The van der Waals surface area contributed by atoms with Crippen LogP contribution in [0.25, 0.3) is 6.08 Å². The number of halogens is 5. The molecule has 2 aromatic carbocycles. The lowest BCUT2D eigenvalue weighted by Crippen LogP contribution is -2.06. The summed E-state index contributed by atoms with van der Waals surface area (Å²) in [6, 6.07) is 5.68. The average molecular weight is 424 g/mol. The van der Waals surface area contributed by atoms with E-state index < -0.39 is 34.8 Å². The van der Waals surface area contributed by atoms with E-state index in [4.69, 9.17) is 9.47 Å². The number of hydrogen-bond acceptors (Lipinski definition) is 3. The highest BCUT2D eigenvalue weighted by Crippen LogP contribution is 2.30. The number of fused-ring (bicyclic) bond motifs is 1. The summed E-state index contributed by atoms with van der Waals surface area (Å²) >= 11 is 0. The van der Waals surface area contributed by atoms with Gasteiger partial charge in [0.05, 0.1) is 0 Å². The van der Waals surface area contributed by atoms with Crippen molar-refractivity contribution < 1.29 is 36.2 Å². The van der Waals surface area contributed by atoms with Crippen LogP contribution in [0, 0.1) is 29.1 Å². The van der Waals surface area contributed by atoms with E-state index in [1.54, 1.807) is 6.08 Å². The molecule has 158 valence electrons. The minimum absolute atomic E-state index is 0.363. The standard InChI is InChI=1S/C13H12O2.C9H5F5O/c1-3-8-14-12-6-7-13-11(9-12)5-4-10(2)15-13;1-2-3-15-9-7(13)5(11)4(10)6(12)8(9)14/h3-7,9H,1-2,8H2;2H,1,3H2. The van der Waals surface area contributed by atoms with Crippen molar-refractivity contribution in [1.29, 1.82) is 0 Å². The first kappa shape index (κ1) is 22.7. The van der Waals surface area contributed by atoms with Gasteiger partial charge in [0.25, 0.3) is 0 Å². The second-order valence-electron chi connectivity index (χ2n) is 5.70. The molecule has 0 fully saturated rings. The van der Waals surface area contributed by atoms with Crippen LogP contribution in [0.1, 0.15) is 5.56 Å². The molecule has 1 aliphatic rings. The van der Waals surface area contributed by atoms with Gasteiger partial charge in [-0.15, -0.1) is 0 Å². The molecule has 0 atom stereocenters. The monoisotopic (exact) mass is 424 g/mol. The van der Waals surface area contributed by atoms with Gasteiger partial charge in [-0.1, -0.05) is 31.9 Å². The highest BCUT2D eigenvalue weighted by Gasteiger charge is 2.26. The van der Waals surface area contributed by atoms with E-state index in [-0.39, 0.29) is 6.61 Å². The van der Waals surface area contributed by atoms with Gasteiger partial charge in [-0.2, -0.15) is 8.78 Å². The number of hydrogen-bond donors (Lipinski definition) is 0. The van der Waals surface area contributed by atoms with Crippen LogP contribution in [0.2, 0.25) is 0 Å². The summed E-state index contributed by atoms with van der Waals surface area (Å²) in [5, 5.41) is 0. The van der Waals surface area contributed by atoms with E-state index in [9.17, 15) is 22.0 Å². The van der Waals surface area contributed by atoms with Crippen LogP contribution >= 0.6 is 0 Å². The molecule has 0 bridgehead atoms. The maximum Gasteiger partial charge on any atom is 0.207 e. The highest BCUT2D eigenvalue weighted by molar-refractivity contribution is 5.64. The van der Waals surface area contributed by atoms with Crippen molar-refractivity contribution in [2.75, 3.05) is 13.2 Å². The highest BCUT2D eigenvalue weighted by atomic mass is 19.2. The first-order valence-corrected chi connectivity index (χ1v) is 8.47. The quantitative estimate of drug-likeness (QED) is 0.242. The first-order chi connectivity index (χ1) is 14.3. The molecule has 0 saturated heterocycles. The fourth-order valence-corrected chi connectivity index (χ4v) is 2.21. The Hall–Kier alpha value is -3.55. The Morgan fingerprint density at radius 2 is 1.37 bits per heavy atom. The van der Waals surface area contributed by atoms with Crippen LogP contribution in [-0.2, 0) is 0 Å². The van der Waals surface area contributed by atoms with Crippen molar-refractivity contribution in [3.8, 4) is 17.2 Å². The van der Waals surface area contributed by atoms with Gasteiger partial charge in [0.1, 0.15) is 30.5 Å². The van der Waals surface area contributed by atoms with Gasteiger partial charge >= 0.3 is 0 Å². The van der Waals surface area contributed by atoms with E-state index in [1.807, 2.05) is 30.4 Å². The summed E-state index contributed by atoms with van der Waals surface area (Å²) in [6.07, 6.45) is 6.62. The van der Waals surface area contributed by atoms with Gasteiger partial charge in [0, 0.05) is 5.56 Å². The Bertz CT molecular complexity index is 970. The van der Waals surface area contributed by atoms with Crippen molar-refractivity contribution in [1.82, 2.24) is 0 Å². The predicted molar refractivity (Wildman–Crippen MR) is 103 cm³/mol. The molecule has 0 spiro atoms. The fourth-order valence-electron chi connectivity index (χ4n) is 2.21. The Labute approximate surface area is 170 Å². The average Bonchev–Trinajstić information content (AvgIpc) is 2.75. The van der Waals surface area contributed by atoms with Crippen LogP contribution in [0.5, 0.6) is 17.2 Å². The molecule has 3 nitrogen and oxygen atoms in total. The summed E-state index contributed by atoms with van der Waals surface area (Å²) in [7, 11) is 0. The van der Waals surface area contributed by atoms with Gasteiger partial charge in [-0.05, 0) is 30.4 Å². The molecule has 30 heavy (non-hydrogen) atoms. The van der Waals surface area contributed by atoms with E-state index in [0.29, 0.717) is 12.4 Å². The summed E-state index contributed by atoms with van der Waals surface area (Å²) in [5.74, 6) is -9.28. The zero-order valence-electron chi connectivity index (χ0n) is 15.7. The lowest BCUT2D eigenvalue weighted by atomic mass is 10.1.